The Bertz CT molecular complexity index is 863. The Morgan fingerprint density at radius 3 is 2.54 bits per heavy atom. The van der Waals surface area contributed by atoms with Crippen LogP contribution in [0.3, 0.4) is 0 Å². The third kappa shape index (κ3) is 5.31. The van der Waals surface area contributed by atoms with Crippen molar-refractivity contribution in [2.45, 2.75) is 25.3 Å². The molecule has 0 aromatic heterocycles. The zero-order valence-electron chi connectivity index (χ0n) is 15.2. The molecular weight excluding hydrogens is 352 g/mol. The van der Waals surface area contributed by atoms with Gasteiger partial charge >= 0.3 is 0 Å². The van der Waals surface area contributed by atoms with Crippen LogP contribution < -0.4 is 14.8 Å². The van der Waals surface area contributed by atoms with Crippen molar-refractivity contribution in [3.05, 3.63) is 59.7 Å². The van der Waals surface area contributed by atoms with Crippen molar-refractivity contribution in [1.29, 1.82) is 0 Å². The predicted octanol–water partition coefficient (Wildman–Crippen LogP) is 2.56. The summed E-state index contributed by atoms with van der Waals surface area (Å²) in [6.45, 7) is 4.60. The van der Waals surface area contributed by atoms with Crippen LogP contribution in [0.5, 0.6) is 5.75 Å². The summed E-state index contributed by atoms with van der Waals surface area (Å²) in [6, 6.07) is 13.2. The Labute approximate surface area is 154 Å². The van der Waals surface area contributed by atoms with E-state index >= 15 is 0 Å². The number of hydrogen-bond donors (Lipinski definition) is 2. The highest BCUT2D eigenvalue weighted by atomic mass is 32.2. The van der Waals surface area contributed by atoms with E-state index in [0.29, 0.717) is 23.8 Å². The van der Waals surface area contributed by atoms with Gasteiger partial charge in [-0.1, -0.05) is 38.1 Å². The van der Waals surface area contributed by atoms with E-state index in [1.54, 1.807) is 24.3 Å². The average Bonchev–Trinajstić information content (AvgIpc) is 2.64. The minimum atomic E-state index is -3.76. The van der Waals surface area contributed by atoms with E-state index in [1.807, 2.05) is 26.0 Å². The molecule has 7 heteroatoms. The number of benzene rings is 2. The lowest BCUT2D eigenvalue weighted by atomic mass is 10.2. The molecule has 2 aromatic carbocycles. The third-order valence-electron chi connectivity index (χ3n) is 3.72. The minimum Gasteiger partial charge on any atom is -0.496 e. The quantitative estimate of drug-likeness (QED) is 0.742. The molecule has 0 bridgehead atoms. The van der Waals surface area contributed by atoms with Crippen molar-refractivity contribution < 1.29 is 17.9 Å². The highest BCUT2D eigenvalue weighted by Crippen LogP contribution is 2.18. The summed E-state index contributed by atoms with van der Waals surface area (Å²) in [7, 11) is -2.22. The molecule has 0 saturated heterocycles. The van der Waals surface area contributed by atoms with Gasteiger partial charge in [0.1, 0.15) is 5.75 Å². The number of methoxy groups -OCH3 is 1. The van der Waals surface area contributed by atoms with Crippen LogP contribution in [0.4, 0.5) is 0 Å². The summed E-state index contributed by atoms with van der Waals surface area (Å²) in [4.78, 5) is 12.2. The van der Waals surface area contributed by atoms with Gasteiger partial charge in [0.15, 0.2) is 0 Å². The highest BCUT2D eigenvalue weighted by molar-refractivity contribution is 7.89. The number of nitrogens with one attached hydrogen (secondary N) is 2. The van der Waals surface area contributed by atoms with Gasteiger partial charge in [-0.25, -0.2) is 13.1 Å². The smallest absolute Gasteiger partial charge is 0.251 e. The molecule has 0 atom stereocenters. The fourth-order valence-electron chi connectivity index (χ4n) is 2.31. The fraction of sp³-hybridized carbons (Fsp3) is 0.316. The first kappa shape index (κ1) is 19.9. The second-order valence-electron chi connectivity index (χ2n) is 6.27. The first-order valence-corrected chi connectivity index (χ1v) is 9.81. The normalized spacial score (nSPS) is 11.4. The molecule has 1 amide bonds. The molecule has 0 saturated carbocycles. The number of carbonyl (C=O) groups excluding carboxylic acids is 1. The predicted molar refractivity (Wildman–Crippen MR) is 101 cm³/mol. The lowest BCUT2D eigenvalue weighted by Crippen LogP contribution is -2.28. The van der Waals surface area contributed by atoms with Crippen molar-refractivity contribution in [1.82, 2.24) is 10.0 Å². The van der Waals surface area contributed by atoms with E-state index in [4.69, 9.17) is 4.74 Å². The van der Waals surface area contributed by atoms with Crippen molar-refractivity contribution >= 4 is 15.9 Å². The zero-order chi connectivity index (χ0) is 19.2. The Hall–Kier alpha value is -2.38. The molecule has 0 aliphatic rings. The molecule has 26 heavy (non-hydrogen) atoms. The van der Waals surface area contributed by atoms with E-state index in [0.717, 1.165) is 5.56 Å². The van der Waals surface area contributed by atoms with Crippen LogP contribution in [0.25, 0.3) is 0 Å². The molecule has 0 heterocycles. The van der Waals surface area contributed by atoms with Gasteiger partial charge in [-0.15, -0.1) is 0 Å². The van der Waals surface area contributed by atoms with Crippen molar-refractivity contribution in [2.75, 3.05) is 13.7 Å². The summed E-state index contributed by atoms with van der Waals surface area (Å²) >= 11 is 0. The number of para-hydroxylation sites is 1. The molecule has 0 fully saturated rings. The van der Waals surface area contributed by atoms with Crippen LogP contribution in [0.2, 0.25) is 0 Å². The molecule has 0 aliphatic carbocycles. The Morgan fingerprint density at radius 1 is 1.12 bits per heavy atom. The molecule has 6 nitrogen and oxygen atoms in total. The fourth-order valence-corrected chi connectivity index (χ4v) is 3.36. The maximum atomic E-state index is 12.6. The Morgan fingerprint density at radius 2 is 1.85 bits per heavy atom. The molecule has 0 spiro atoms. The van der Waals surface area contributed by atoms with E-state index < -0.39 is 10.0 Å². The molecule has 2 N–H and O–H groups in total. The van der Waals surface area contributed by atoms with E-state index in [-0.39, 0.29) is 17.3 Å². The summed E-state index contributed by atoms with van der Waals surface area (Å²) in [6.07, 6.45) is 0. The van der Waals surface area contributed by atoms with Crippen LogP contribution in [-0.2, 0) is 16.6 Å². The lowest BCUT2D eigenvalue weighted by Gasteiger charge is -2.11. The van der Waals surface area contributed by atoms with Gasteiger partial charge in [0.05, 0.1) is 12.0 Å². The number of hydrogen-bond acceptors (Lipinski definition) is 4. The lowest BCUT2D eigenvalue weighted by molar-refractivity contribution is 0.0949. The standard InChI is InChI=1S/C19H24N2O4S/c1-14(2)12-20-19(22)15-8-6-9-17(11-15)26(23,24)21-13-16-7-4-5-10-18(16)25-3/h4-11,14,21H,12-13H2,1-3H3,(H,20,22). The van der Waals surface area contributed by atoms with Crippen molar-refractivity contribution in [2.24, 2.45) is 5.92 Å². The van der Waals surface area contributed by atoms with Gasteiger partial charge in [0.2, 0.25) is 10.0 Å². The maximum Gasteiger partial charge on any atom is 0.251 e. The minimum absolute atomic E-state index is 0.0459. The summed E-state index contributed by atoms with van der Waals surface area (Å²) in [5.41, 5.74) is 1.04. The number of carbonyl (C=O) groups is 1. The number of sulfonamides is 1. The number of ether oxygens (including phenoxy) is 1. The highest BCUT2D eigenvalue weighted by Gasteiger charge is 2.17. The van der Waals surface area contributed by atoms with Crippen LogP contribution >= 0.6 is 0 Å². The van der Waals surface area contributed by atoms with Gasteiger partial charge in [0, 0.05) is 24.2 Å². The van der Waals surface area contributed by atoms with Crippen molar-refractivity contribution in [3.63, 3.8) is 0 Å². The molecule has 2 aromatic rings. The summed E-state index contributed by atoms with van der Waals surface area (Å²) < 4.78 is 32.9. The second-order valence-corrected chi connectivity index (χ2v) is 8.04. The monoisotopic (exact) mass is 376 g/mol. The zero-order valence-corrected chi connectivity index (χ0v) is 16.0. The van der Waals surface area contributed by atoms with Crippen LogP contribution in [0.1, 0.15) is 29.8 Å². The van der Waals surface area contributed by atoms with Crippen molar-refractivity contribution in [3.8, 4) is 5.75 Å². The van der Waals surface area contributed by atoms with E-state index in [1.165, 1.54) is 19.2 Å². The first-order chi connectivity index (χ1) is 12.3. The molecule has 0 radical (unpaired) electrons. The Balaban J connectivity index is 2.13. The van der Waals surface area contributed by atoms with E-state index in [9.17, 15) is 13.2 Å². The van der Waals surface area contributed by atoms with Gasteiger partial charge in [-0.05, 0) is 30.2 Å². The molecule has 2 rings (SSSR count). The molecule has 0 aliphatic heterocycles. The van der Waals surface area contributed by atoms with Crippen LogP contribution in [0.15, 0.2) is 53.4 Å². The third-order valence-corrected chi connectivity index (χ3v) is 5.12. The summed E-state index contributed by atoms with van der Waals surface area (Å²) in [5.74, 6) is 0.630. The topological polar surface area (TPSA) is 84.5 Å². The van der Waals surface area contributed by atoms with Crippen LogP contribution in [-0.4, -0.2) is 28.0 Å². The first-order valence-electron chi connectivity index (χ1n) is 8.33. The number of amides is 1. The van der Waals surface area contributed by atoms with Crippen LogP contribution in [0, 0.1) is 5.92 Å². The number of rotatable bonds is 8. The largest absolute Gasteiger partial charge is 0.496 e. The Kier molecular flexibility index (Phi) is 6.76. The van der Waals surface area contributed by atoms with Gasteiger partial charge in [0.25, 0.3) is 5.91 Å². The molecular formula is C19H24N2O4S. The van der Waals surface area contributed by atoms with Gasteiger partial charge < -0.3 is 10.1 Å². The molecule has 0 unspecified atom stereocenters. The molecule has 140 valence electrons. The van der Waals surface area contributed by atoms with E-state index in [2.05, 4.69) is 10.0 Å². The average molecular weight is 376 g/mol. The second kappa shape index (κ2) is 8.82. The SMILES string of the molecule is COc1ccccc1CNS(=O)(=O)c1cccc(C(=O)NCC(C)C)c1. The van der Waals surface area contributed by atoms with Gasteiger partial charge in [-0.3, -0.25) is 4.79 Å². The maximum absolute atomic E-state index is 12.6. The van der Waals surface area contributed by atoms with Gasteiger partial charge in [-0.2, -0.15) is 0 Å². The summed E-state index contributed by atoms with van der Waals surface area (Å²) in [5, 5.41) is 2.78.